The lowest BCUT2D eigenvalue weighted by Gasteiger charge is -2.14. The third kappa shape index (κ3) is 4.94. The number of hydrazine groups is 1. The fraction of sp³-hybridized carbons (Fsp3) is 0.261. The molecule has 1 heterocycles. The summed E-state index contributed by atoms with van der Waals surface area (Å²) in [6.07, 6.45) is 3.72. The molecule has 3 aromatic rings. The van der Waals surface area contributed by atoms with Crippen molar-refractivity contribution in [3.8, 4) is 11.4 Å². The second kappa shape index (κ2) is 9.86. The number of nitrogens with one attached hydrogen (secondary N) is 3. The van der Waals surface area contributed by atoms with Crippen LogP contribution in [0, 0.1) is 0 Å². The van der Waals surface area contributed by atoms with Gasteiger partial charge in [-0.3, -0.25) is 20.4 Å². The summed E-state index contributed by atoms with van der Waals surface area (Å²) < 4.78 is 7.89. The average molecular weight is 498 g/mol. The van der Waals surface area contributed by atoms with Crippen molar-refractivity contribution in [3.05, 3.63) is 70.0 Å². The molecule has 0 bridgehead atoms. The predicted molar refractivity (Wildman–Crippen MR) is 125 cm³/mol. The Kier molecular flexibility index (Phi) is 6.75. The van der Waals surface area contributed by atoms with E-state index >= 15 is 0 Å². The molecule has 0 saturated carbocycles. The molecule has 0 aliphatic heterocycles. The van der Waals surface area contributed by atoms with Crippen molar-refractivity contribution in [2.24, 2.45) is 0 Å². The van der Waals surface area contributed by atoms with Gasteiger partial charge < -0.3 is 10.1 Å². The Morgan fingerprint density at radius 1 is 1.09 bits per heavy atom. The van der Waals surface area contributed by atoms with Crippen LogP contribution in [-0.2, 0) is 17.6 Å². The summed E-state index contributed by atoms with van der Waals surface area (Å²) in [5, 5.41) is 7.59. The molecule has 0 atom stereocenters. The van der Waals surface area contributed by atoms with E-state index in [1.807, 2.05) is 41.1 Å². The topological polar surface area (TPSA) is 97.3 Å². The van der Waals surface area contributed by atoms with Crippen LogP contribution >= 0.6 is 15.9 Å². The molecule has 0 radical (unpaired) electrons. The number of fused-ring (bicyclic) bond motifs is 1. The van der Waals surface area contributed by atoms with E-state index in [4.69, 9.17) is 4.74 Å². The molecule has 4 rings (SSSR count). The highest BCUT2D eigenvalue weighted by Crippen LogP contribution is 2.27. The van der Waals surface area contributed by atoms with Gasteiger partial charge in [0.1, 0.15) is 5.75 Å². The number of amides is 2. The van der Waals surface area contributed by atoms with Crippen molar-refractivity contribution in [1.82, 2.24) is 20.6 Å². The molecule has 1 aliphatic rings. The molecular formula is C23H24BrN5O3. The molecule has 1 aliphatic carbocycles. The largest absolute Gasteiger partial charge is 0.497 e. The molecule has 0 saturated heterocycles. The number of halogens is 1. The van der Waals surface area contributed by atoms with Gasteiger partial charge >= 0.3 is 0 Å². The number of benzene rings is 2. The Morgan fingerprint density at radius 2 is 1.88 bits per heavy atom. The van der Waals surface area contributed by atoms with Gasteiger partial charge in [-0.15, -0.1) is 0 Å². The number of nitrogens with zero attached hydrogens (tertiary/aromatic N) is 2. The summed E-state index contributed by atoms with van der Waals surface area (Å²) in [5.41, 5.74) is 8.96. The van der Waals surface area contributed by atoms with Crippen LogP contribution in [0.5, 0.6) is 5.75 Å². The summed E-state index contributed by atoms with van der Waals surface area (Å²) in [7, 11) is 1.59. The first-order chi connectivity index (χ1) is 15.5. The van der Waals surface area contributed by atoms with E-state index in [0.29, 0.717) is 5.69 Å². The van der Waals surface area contributed by atoms with Crippen LogP contribution in [0.4, 0.5) is 5.69 Å². The standard InChI is InChI=1S/C23H24BrN5O3/c1-32-18-11-9-16(10-12-18)25-14-21(30)26-27-23(31)22-19-7-2-3-8-20(19)29(28-22)17-6-4-5-15(24)13-17/h4-6,9-13,25H,2-3,7-8,14H2,1H3,(H,26,30)(H,27,31). The first-order valence-electron chi connectivity index (χ1n) is 10.4. The number of aromatic nitrogens is 2. The van der Waals surface area contributed by atoms with Crippen molar-refractivity contribution < 1.29 is 14.3 Å². The Labute approximate surface area is 194 Å². The average Bonchev–Trinajstić information content (AvgIpc) is 3.21. The fourth-order valence-corrected chi connectivity index (χ4v) is 4.11. The molecule has 0 unspecified atom stereocenters. The normalized spacial score (nSPS) is 12.6. The highest BCUT2D eigenvalue weighted by Gasteiger charge is 2.25. The lowest BCUT2D eigenvalue weighted by atomic mass is 9.95. The summed E-state index contributed by atoms with van der Waals surface area (Å²) >= 11 is 3.49. The second-order valence-corrected chi connectivity index (χ2v) is 8.37. The second-order valence-electron chi connectivity index (χ2n) is 7.46. The van der Waals surface area contributed by atoms with Crippen molar-refractivity contribution in [1.29, 1.82) is 0 Å². The number of methoxy groups -OCH3 is 1. The molecule has 2 amide bonds. The monoisotopic (exact) mass is 497 g/mol. The summed E-state index contributed by atoms with van der Waals surface area (Å²) in [5.74, 6) is -0.0537. The minimum Gasteiger partial charge on any atom is -0.497 e. The molecule has 166 valence electrons. The van der Waals surface area contributed by atoms with Crippen LogP contribution in [0.2, 0.25) is 0 Å². The van der Waals surface area contributed by atoms with Crippen LogP contribution in [0.3, 0.4) is 0 Å². The number of ether oxygens (including phenoxy) is 1. The lowest BCUT2D eigenvalue weighted by molar-refractivity contribution is -0.120. The number of carbonyl (C=O) groups excluding carboxylic acids is 2. The zero-order valence-electron chi connectivity index (χ0n) is 17.7. The van der Waals surface area contributed by atoms with Crippen LogP contribution in [0.15, 0.2) is 53.0 Å². The number of rotatable bonds is 6. The van der Waals surface area contributed by atoms with E-state index in [0.717, 1.165) is 58.5 Å². The maximum absolute atomic E-state index is 12.8. The van der Waals surface area contributed by atoms with Gasteiger partial charge in [0.2, 0.25) is 0 Å². The van der Waals surface area contributed by atoms with E-state index in [2.05, 4.69) is 37.2 Å². The smallest absolute Gasteiger partial charge is 0.290 e. The Balaban J connectivity index is 1.41. The van der Waals surface area contributed by atoms with E-state index < -0.39 is 5.91 Å². The number of carbonyl (C=O) groups is 2. The Bertz CT molecular complexity index is 1130. The first-order valence-corrected chi connectivity index (χ1v) is 11.2. The van der Waals surface area contributed by atoms with E-state index in [-0.39, 0.29) is 12.5 Å². The van der Waals surface area contributed by atoms with Crippen LogP contribution in [0.1, 0.15) is 34.6 Å². The minimum atomic E-state index is -0.422. The van der Waals surface area contributed by atoms with Crippen LogP contribution in [0.25, 0.3) is 5.69 Å². The van der Waals surface area contributed by atoms with Crippen molar-refractivity contribution in [2.75, 3.05) is 19.0 Å². The van der Waals surface area contributed by atoms with Crippen molar-refractivity contribution in [3.63, 3.8) is 0 Å². The highest BCUT2D eigenvalue weighted by molar-refractivity contribution is 9.10. The number of hydrogen-bond acceptors (Lipinski definition) is 5. The van der Waals surface area contributed by atoms with Gasteiger partial charge in [-0.2, -0.15) is 5.10 Å². The van der Waals surface area contributed by atoms with E-state index in [1.165, 1.54) is 0 Å². The van der Waals surface area contributed by atoms with Gasteiger partial charge in [-0.1, -0.05) is 22.0 Å². The minimum absolute atomic E-state index is 0.0111. The SMILES string of the molecule is COc1ccc(NCC(=O)NNC(=O)c2nn(-c3cccc(Br)c3)c3c2CCCC3)cc1. The maximum Gasteiger partial charge on any atom is 0.290 e. The lowest BCUT2D eigenvalue weighted by Crippen LogP contribution is -2.44. The molecule has 3 N–H and O–H groups in total. The molecular weight excluding hydrogens is 474 g/mol. The molecule has 2 aromatic carbocycles. The Hall–Kier alpha value is -3.33. The molecule has 8 nitrogen and oxygen atoms in total. The fourth-order valence-electron chi connectivity index (χ4n) is 3.72. The van der Waals surface area contributed by atoms with Gasteiger partial charge in [-0.25, -0.2) is 4.68 Å². The van der Waals surface area contributed by atoms with Crippen molar-refractivity contribution >= 4 is 33.4 Å². The van der Waals surface area contributed by atoms with Gasteiger partial charge in [-0.05, 0) is 68.1 Å². The molecule has 1 aromatic heterocycles. The Morgan fingerprint density at radius 3 is 2.62 bits per heavy atom. The van der Waals surface area contributed by atoms with Gasteiger partial charge in [0.15, 0.2) is 5.69 Å². The first kappa shape index (κ1) is 21.9. The highest BCUT2D eigenvalue weighted by atomic mass is 79.9. The summed E-state index contributed by atoms with van der Waals surface area (Å²) in [4.78, 5) is 25.0. The third-order valence-corrected chi connectivity index (χ3v) is 5.80. The van der Waals surface area contributed by atoms with Crippen LogP contribution in [-0.4, -0.2) is 35.2 Å². The van der Waals surface area contributed by atoms with Gasteiger partial charge in [0, 0.05) is 21.4 Å². The predicted octanol–water partition coefficient (Wildman–Crippen LogP) is 3.40. The zero-order chi connectivity index (χ0) is 22.5. The summed E-state index contributed by atoms with van der Waals surface area (Å²) in [6.45, 7) is 0.0111. The zero-order valence-corrected chi connectivity index (χ0v) is 19.2. The quantitative estimate of drug-likeness (QED) is 0.453. The molecule has 0 fully saturated rings. The molecule has 0 spiro atoms. The number of anilines is 1. The van der Waals surface area contributed by atoms with Crippen molar-refractivity contribution in [2.45, 2.75) is 25.7 Å². The third-order valence-electron chi connectivity index (χ3n) is 5.31. The van der Waals surface area contributed by atoms with E-state index in [9.17, 15) is 9.59 Å². The number of hydrogen-bond donors (Lipinski definition) is 3. The maximum atomic E-state index is 12.8. The molecule has 9 heteroatoms. The van der Waals surface area contributed by atoms with Gasteiger partial charge in [0.25, 0.3) is 11.8 Å². The summed E-state index contributed by atoms with van der Waals surface area (Å²) in [6, 6.07) is 15.0. The van der Waals surface area contributed by atoms with E-state index in [1.54, 1.807) is 19.2 Å². The van der Waals surface area contributed by atoms with Crippen LogP contribution < -0.4 is 20.9 Å². The molecule has 32 heavy (non-hydrogen) atoms. The van der Waals surface area contributed by atoms with Gasteiger partial charge in [0.05, 0.1) is 19.3 Å².